The Balaban J connectivity index is 3.00. The third kappa shape index (κ3) is 1.94. The SMILES string of the molecule is C[C@@H](N)c1cc(F)cc2c(=O)n(C)c(Cl)cc12. The van der Waals surface area contributed by atoms with Crippen LogP contribution in [0.3, 0.4) is 0 Å². The lowest BCUT2D eigenvalue weighted by molar-refractivity contribution is 0.624. The minimum atomic E-state index is -0.468. The van der Waals surface area contributed by atoms with E-state index >= 15 is 0 Å². The first-order valence-corrected chi connectivity index (χ1v) is 5.54. The average molecular weight is 255 g/mol. The minimum absolute atomic E-state index is 0.296. The number of aromatic nitrogens is 1. The van der Waals surface area contributed by atoms with Crippen LogP contribution in [-0.2, 0) is 7.05 Å². The van der Waals surface area contributed by atoms with E-state index in [1.807, 2.05) is 0 Å². The maximum absolute atomic E-state index is 13.4. The van der Waals surface area contributed by atoms with Gasteiger partial charge in [0.15, 0.2) is 0 Å². The van der Waals surface area contributed by atoms with Gasteiger partial charge in [-0.1, -0.05) is 11.6 Å². The molecule has 1 aromatic heterocycles. The molecule has 0 bridgehead atoms. The lowest BCUT2D eigenvalue weighted by Crippen LogP contribution is -2.18. The van der Waals surface area contributed by atoms with E-state index in [1.54, 1.807) is 20.0 Å². The van der Waals surface area contributed by atoms with Gasteiger partial charge in [0.1, 0.15) is 11.0 Å². The third-order valence-corrected chi connectivity index (χ3v) is 3.15. The zero-order chi connectivity index (χ0) is 12.7. The minimum Gasteiger partial charge on any atom is -0.324 e. The van der Waals surface area contributed by atoms with Gasteiger partial charge >= 0.3 is 0 Å². The summed E-state index contributed by atoms with van der Waals surface area (Å²) in [4.78, 5) is 11.9. The van der Waals surface area contributed by atoms with Gasteiger partial charge in [-0.15, -0.1) is 0 Å². The Morgan fingerprint density at radius 1 is 1.35 bits per heavy atom. The maximum atomic E-state index is 13.4. The third-order valence-electron chi connectivity index (χ3n) is 2.79. The number of rotatable bonds is 1. The fraction of sp³-hybridized carbons (Fsp3) is 0.250. The maximum Gasteiger partial charge on any atom is 0.259 e. The van der Waals surface area contributed by atoms with Gasteiger partial charge in [0.05, 0.1) is 5.39 Å². The Bertz CT molecular complexity index is 649. The van der Waals surface area contributed by atoms with Gasteiger partial charge in [-0.25, -0.2) is 4.39 Å². The molecule has 0 aliphatic rings. The summed E-state index contributed by atoms with van der Waals surface area (Å²) >= 11 is 5.94. The molecule has 1 aromatic carbocycles. The molecule has 0 spiro atoms. The van der Waals surface area contributed by atoms with Crippen LogP contribution in [-0.4, -0.2) is 4.57 Å². The van der Waals surface area contributed by atoms with E-state index in [1.165, 1.54) is 16.7 Å². The Morgan fingerprint density at radius 3 is 2.59 bits per heavy atom. The number of hydrogen-bond acceptors (Lipinski definition) is 2. The number of halogens is 2. The lowest BCUT2D eigenvalue weighted by atomic mass is 10.0. The Labute approximate surface area is 103 Å². The Kier molecular flexibility index (Phi) is 2.93. The molecule has 0 radical (unpaired) electrons. The van der Waals surface area contributed by atoms with Crippen LogP contribution < -0.4 is 11.3 Å². The van der Waals surface area contributed by atoms with E-state index in [0.717, 1.165) is 0 Å². The molecular weight excluding hydrogens is 243 g/mol. The van der Waals surface area contributed by atoms with Crippen molar-refractivity contribution in [1.29, 1.82) is 0 Å². The van der Waals surface area contributed by atoms with Gasteiger partial charge in [-0.05, 0) is 36.1 Å². The van der Waals surface area contributed by atoms with Crippen LogP contribution in [0.1, 0.15) is 18.5 Å². The number of hydrogen-bond donors (Lipinski definition) is 1. The second-order valence-electron chi connectivity index (χ2n) is 4.08. The van der Waals surface area contributed by atoms with Crippen molar-refractivity contribution in [2.45, 2.75) is 13.0 Å². The monoisotopic (exact) mass is 254 g/mol. The second-order valence-corrected chi connectivity index (χ2v) is 4.46. The van der Waals surface area contributed by atoms with Crippen molar-refractivity contribution in [3.05, 3.63) is 45.1 Å². The predicted molar refractivity (Wildman–Crippen MR) is 66.8 cm³/mol. The van der Waals surface area contributed by atoms with Crippen molar-refractivity contribution >= 4 is 22.4 Å². The second kappa shape index (κ2) is 4.13. The summed E-state index contributed by atoms with van der Waals surface area (Å²) < 4.78 is 14.7. The number of nitrogens with two attached hydrogens (primary N) is 1. The quantitative estimate of drug-likeness (QED) is 0.794. The molecule has 0 aliphatic carbocycles. The van der Waals surface area contributed by atoms with E-state index in [-0.39, 0.29) is 11.6 Å². The summed E-state index contributed by atoms with van der Waals surface area (Å²) in [6.07, 6.45) is 0. The van der Waals surface area contributed by atoms with Crippen molar-refractivity contribution in [2.75, 3.05) is 0 Å². The Morgan fingerprint density at radius 2 is 2.00 bits per heavy atom. The molecule has 0 saturated carbocycles. The van der Waals surface area contributed by atoms with E-state index in [4.69, 9.17) is 17.3 Å². The highest BCUT2D eigenvalue weighted by Gasteiger charge is 2.12. The molecule has 0 fully saturated rings. The number of fused-ring (bicyclic) bond motifs is 1. The molecule has 90 valence electrons. The molecule has 17 heavy (non-hydrogen) atoms. The predicted octanol–water partition coefficient (Wildman–Crippen LogP) is 2.35. The zero-order valence-electron chi connectivity index (χ0n) is 9.50. The molecule has 0 unspecified atom stereocenters. The van der Waals surface area contributed by atoms with Gasteiger partial charge in [-0.2, -0.15) is 0 Å². The first kappa shape index (κ1) is 12.1. The highest BCUT2D eigenvalue weighted by Crippen LogP contribution is 2.24. The number of benzene rings is 1. The summed E-state index contributed by atoms with van der Waals surface area (Å²) in [7, 11) is 1.54. The van der Waals surface area contributed by atoms with Crippen LogP contribution in [0.4, 0.5) is 4.39 Å². The summed E-state index contributed by atoms with van der Waals surface area (Å²) in [5, 5.41) is 1.20. The van der Waals surface area contributed by atoms with E-state index < -0.39 is 5.82 Å². The van der Waals surface area contributed by atoms with Gasteiger partial charge in [-0.3, -0.25) is 4.79 Å². The van der Waals surface area contributed by atoms with Crippen molar-refractivity contribution in [3.63, 3.8) is 0 Å². The topological polar surface area (TPSA) is 48.0 Å². The lowest BCUT2D eigenvalue weighted by Gasteiger charge is -2.12. The van der Waals surface area contributed by atoms with Crippen molar-refractivity contribution in [3.8, 4) is 0 Å². The smallest absolute Gasteiger partial charge is 0.259 e. The standard InChI is InChI=1S/C12H12ClFN2O/c1-6(15)8-3-7(14)4-10-9(8)5-11(13)16(2)12(10)17/h3-6H,15H2,1-2H3/t6-/m1/s1. The molecule has 0 saturated heterocycles. The summed E-state index contributed by atoms with van der Waals surface area (Å²) in [5.74, 6) is -0.468. The molecule has 3 nitrogen and oxygen atoms in total. The number of pyridine rings is 1. The summed E-state index contributed by atoms with van der Waals surface area (Å²) in [6.45, 7) is 1.74. The van der Waals surface area contributed by atoms with Crippen LogP contribution in [0.15, 0.2) is 23.0 Å². The molecule has 0 aliphatic heterocycles. The van der Waals surface area contributed by atoms with Crippen LogP contribution >= 0.6 is 11.6 Å². The van der Waals surface area contributed by atoms with Gasteiger partial charge in [0.25, 0.3) is 5.56 Å². The van der Waals surface area contributed by atoms with Crippen molar-refractivity contribution < 1.29 is 4.39 Å². The van der Waals surface area contributed by atoms with Crippen LogP contribution in [0.25, 0.3) is 10.8 Å². The molecule has 1 heterocycles. The van der Waals surface area contributed by atoms with Gasteiger partial charge in [0, 0.05) is 13.1 Å². The molecule has 2 N–H and O–H groups in total. The van der Waals surface area contributed by atoms with Crippen LogP contribution in [0, 0.1) is 5.82 Å². The first-order valence-electron chi connectivity index (χ1n) is 5.16. The normalized spacial score (nSPS) is 13.0. The van der Waals surface area contributed by atoms with E-state index in [9.17, 15) is 9.18 Å². The Hall–Kier alpha value is -1.39. The molecule has 1 atom stereocenters. The van der Waals surface area contributed by atoms with E-state index in [0.29, 0.717) is 21.5 Å². The molecule has 2 rings (SSSR count). The van der Waals surface area contributed by atoms with Crippen molar-refractivity contribution in [1.82, 2.24) is 4.57 Å². The number of nitrogens with zero attached hydrogens (tertiary/aromatic N) is 1. The van der Waals surface area contributed by atoms with Crippen molar-refractivity contribution in [2.24, 2.45) is 12.8 Å². The van der Waals surface area contributed by atoms with Crippen LogP contribution in [0.2, 0.25) is 5.15 Å². The molecular formula is C12H12ClFN2O. The molecule has 0 amide bonds. The molecule has 2 aromatic rings. The first-order chi connectivity index (χ1) is 7.91. The zero-order valence-corrected chi connectivity index (χ0v) is 10.3. The highest BCUT2D eigenvalue weighted by molar-refractivity contribution is 6.30. The van der Waals surface area contributed by atoms with E-state index in [2.05, 4.69) is 0 Å². The summed E-state index contributed by atoms with van der Waals surface area (Å²) in [5.41, 5.74) is 6.03. The summed E-state index contributed by atoms with van der Waals surface area (Å²) in [6, 6.07) is 3.82. The van der Waals surface area contributed by atoms with Gasteiger partial charge in [0.2, 0.25) is 0 Å². The molecule has 5 heteroatoms. The van der Waals surface area contributed by atoms with Crippen LogP contribution in [0.5, 0.6) is 0 Å². The average Bonchev–Trinajstić information content (AvgIpc) is 2.26. The largest absolute Gasteiger partial charge is 0.324 e. The highest BCUT2D eigenvalue weighted by atomic mass is 35.5. The fourth-order valence-corrected chi connectivity index (χ4v) is 2.03. The van der Waals surface area contributed by atoms with Gasteiger partial charge < -0.3 is 10.3 Å². The fourth-order valence-electron chi connectivity index (χ4n) is 1.85.